The molecule has 0 radical (unpaired) electrons. The number of imide groups is 1. The normalized spacial score (nSPS) is 22.9. The number of hydrogen-bond donors (Lipinski definition) is 2. The highest BCUT2D eigenvalue weighted by atomic mass is 19.1. The van der Waals surface area contributed by atoms with Crippen LogP contribution in [0.1, 0.15) is 79.4 Å². The van der Waals surface area contributed by atoms with E-state index in [1.165, 1.54) is 12.1 Å². The molecule has 5 aliphatic rings. The Morgan fingerprint density at radius 3 is 2.50 bits per heavy atom. The van der Waals surface area contributed by atoms with Crippen LogP contribution in [0.3, 0.4) is 0 Å². The number of aryl methyl sites for hydroxylation is 2. The molecule has 2 N–H and O–H groups in total. The number of aromatic nitrogens is 3. The van der Waals surface area contributed by atoms with Crippen molar-refractivity contribution in [2.75, 3.05) is 54.4 Å². The molecule has 3 fully saturated rings. The predicted molar refractivity (Wildman–Crippen MR) is 226 cm³/mol. The van der Waals surface area contributed by atoms with Crippen LogP contribution >= 0.6 is 0 Å². The molecule has 15 nitrogen and oxygen atoms in total. The van der Waals surface area contributed by atoms with Gasteiger partial charge in [0.2, 0.25) is 29.6 Å². The first kappa shape index (κ1) is 41.0. The second-order valence-corrected chi connectivity index (χ2v) is 17.0. The zero-order valence-electron chi connectivity index (χ0n) is 35.0. The van der Waals surface area contributed by atoms with E-state index in [2.05, 4.69) is 32.6 Å². The number of rotatable bonds is 5. The molecule has 4 amide bonds. The minimum absolute atomic E-state index is 0.00894. The van der Waals surface area contributed by atoms with Crippen molar-refractivity contribution in [3.63, 3.8) is 0 Å². The van der Waals surface area contributed by atoms with Gasteiger partial charge in [0, 0.05) is 87.6 Å². The molecule has 9 rings (SSSR count). The van der Waals surface area contributed by atoms with Gasteiger partial charge in [-0.15, -0.1) is 0 Å². The number of likely N-dealkylation sites (tertiary alicyclic amines) is 1. The van der Waals surface area contributed by atoms with Crippen LogP contribution in [0.2, 0.25) is 0 Å². The van der Waals surface area contributed by atoms with Gasteiger partial charge in [-0.25, -0.2) is 13.5 Å². The monoisotopic (exact) mass is 849 g/mol. The summed E-state index contributed by atoms with van der Waals surface area (Å²) in [5.74, 6) is -2.69. The van der Waals surface area contributed by atoms with Crippen molar-refractivity contribution in [2.45, 2.75) is 70.8 Å². The molecular formula is C45H49F2N9O6. The summed E-state index contributed by atoms with van der Waals surface area (Å²) in [5, 5.41) is 9.92. The van der Waals surface area contributed by atoms with Crippen molar-refractivity contribution >= 4 is 46.7 Å². The van der Waals surface area contributed by atoms with E-state index >= 15 is 8.78 Å². The lowest BCUT2D eigenvalue weighted by atomic mass is 9.89. The van der Waals surface area contributed by atoms with Gasteiger partial charge in [-0.2, -0.15) is 10.1 Å². The van der Waals surface area contributed by atoms with E-state index in [9.17, 15) is 19.2 Å². The zero-order chi connectivity index (χ0) is 43.2. The van der Waals surface area contributed by atoms with Gasteiger partial charge in [-0.1, -0.05) is 6.92 Å². The molecule has 0 spiro atoms. The highest BCUT2D eigenvalue weighted by molar-refractivity contribution is 6.19. The fourth-order valence-electron chi connectivity index (χ4n) is 9.25. The van der Waals surface area contributed by atoms with Crippen LogP contribution in [-0.2, 0) is 21.4 Å². The summed E-state index contributed by atoms with van der Waals surface area (Å²) in [4.78, 5) is 66.4. The maximum Gasteiger partial charge on any atom is 0.280 e. The van der Waals surface area contributed by atoms with E-state index in [1.54, 1.807) is 27.9 Å². The first-order chi connectivity index (χ1) is 29.9. The molecule has 2 aromatic heterocycles. The second-order valence-electron chi connectivity index (χ2n) is 17.0. The van der Waals surface area contributed by atoms with Crippen LogP contribution in [0.5, 0.6) is 11.6 Å². The molecule has 3 saturated heterocycles. The minimum Gasteiger partial charge on any atom is -0.490 e. The Labute approximate surface area is 357 Å². The van der Waals surface area contributed by atoms with Gasteiger partial charge in [0.15, 0.2) is 0 Å². The lowest BCUT2D eigenvalue weighted by molar-refractivity contribution is -0.137. The number of ether oxygens (including phenoxy) is 2. The summed E-state index contributed by atoms with van der Waals surface area (Å²) in [7, 11) is 1.82. The predicted octanol–water partition coefficient (Wildman–Crippen LogP) is 5.72. The molecular weight excluding hydrogens is 801 g/mol. The van der Waals surface area contributed by atoms with E-state index in [0.717, 1.165) is 24.2 Å². The SMILES string of the molecule is Cc1cc2cc(n1)-c1cnn(C)c1OCCC[C@@H](C)CN1/C(=N/C2=O)Nc2ccc(OC3CCN(C(=O)[C@@H]4CCN(c5cc(F)c([C@H]6CCC(=O)NC6=O)c(F)c5)C4)CC3)cc21. The quantitative estimate of drug-likeness (QED) is 0.236. The number of amides is 4. The number of fused-ring (bicyclic) bond motifs is 7. The van der Waals surface area contributed by atoms with Crippen LogP contribution in [-0.4, -0.2) is 94.7 Å². The van der Waals surface area contributed by atoms with Crippen LogP contribution in [0.25, 0.3) is 11.3 Å². The number of hydrogen-bond acceptors (Lipinski definition) is 11. The highest BCUT2D eigenvalue weighted by Crippen LogP contribution is 2.39. The molecule has 2 bridgehead atoms. The molecule has 324 valence electrons. The number of carbonyl (C=O) groups excluding carboxylic acids is 4. The first-order valence-corrected chi connectivity index (χ1v) is 21.4. The fourth-order valence-corrected chi connectivity index (χ4v) is 9.25. The standard InChI is InChI=1S/C45H49F2N9O6/c1-25-5-4-16-61-44-33(22-48-53(44)3)37-18-28(17-26(2)49-37)41(58)52-45-50-36-8-6-31(21-38(36)56(45)23-25)62-30-11-14-54(15-12-30)43(60)27-10-13-55(24-27)29-19-34(46)40(35(47)20-29)32-7-9-39(57)51-42(32)59/h6,8,17-22,25,27,30,32H,4-5,7,9-16,23-24H2,1-3H3,(H,50,52,58)(H,51,57,59)/t25-,27-,32-/m1/s1. The molecule has 0 saturated carbocycles. The second kappa shape index (κ2) is 16.8. The number of guanidine groups is 1. The summed E-state index contributed by atoms with van der Waals surface area (Å²) in [6.07, 6.45) is 5.13. The molecule has 62 heavy (non-hydrogen) atoms. The maximum absolute atomic E-state index is 15.3. The number of pyridine rings is 1. The van der Waals surface area contributed by atoms with Crippen LogP contribution < -0.4 is 29.9 Å². The first-order valence-electron chi connectivity index (χ1n) is 21.4. The number of piperidine rings is 2. The number of carbonyl (C=O) groups is 4. The van der Waals surface area contributed by atoms with E-state index in [1.807, 2.05) is 42.0 Å². The summed E-state index contributed by atoms with van der Waals surface area (Å²) >= 11 is 0. The molecule has 17 heteroatoms. The molecule has 4 aromatic rings. The molecule has 0 unspecified atom stereocenters. The molecule has 2 aromatic carbocycles. The summed E-state index contributed by atoms with van der Waals surface area (Å²) in [5.41, 5.74) is 4.03. The topological polar surface area (TPSA) is 164 Å². The Balaban J connectivity index is 0.840. The van der Waals surface area contributed by atoms with Crippen molar-refractivity contribution in [3.8, 4) is 22.9 Å². The average molecular weight is 850 g/mol. The third-order valence-electron chi connectivity index (χ3n) is 12.5. The van der Waals surface area contributed by atoms with Gasteiger partial charge in [0.25, 0.3) is 5.91 Å². The summed E-state index contributed by atoms with van der Waals surface area (Å²) in [6, 6.07) is 11.7. The van der Waals surface area contributed by atoms with Crippen molar-refractivity contribution in [2.24, 2.45) is 23.9 Å². The lowest BCUT2D eigenvalue weighted by Crippen LogP contribution is -2.44. The van der Waals surface area contributed by atoms with Crippen molar-refractivity contribution in [1.29, 1.82) is 0 Å². The minimum atomic E-state index is -1.07. The van der Waals surface area contributed by atoms with E-state index < -0.39 is 35.3 Å². The van der Waals surface area contributed by atoms with Crippen molar-refractivity contribution in [3.05, 3.63) is 77.1 Å². The maximum atomic E-state index is 15.3. The number of aliphatic imine (C=N–C) groups is 1. The van der Waals surface area contributed by atoms with Gasteiger partial charge in [-0.05, 0) is 74.9 Å². The van der Waals surface area contributed by atoms with E-state index in [4.69, 9.17) is 9.47 Å². The highest BCUT2D eigenvalue weighted by Gasteiger charge is 2.37. The van der Waals surface area contributed by atoms with Crippen LogP contribution in [0.4, 0.5) is 25.8 Å². The molecule has 0 aliphatic carbocycles. The van der Waals surface area contributed by atoms with Crippen LogP contribution in [0, 0.1) is 30.4 Å². The Bertz CT molecular complexity index is 2460. The Morgan fingerprint density at radius 2 is 1.73 bits per heavy atom. The van der Waals surface area contributed by atoms with Gasteiger partial charge < -0.3 is 29.5 Å². The Hall–Kier alpha value is -6.39. The molecule has 5 aliphatic heterocycles. The average Bonchev–Trinajstić information content (AvgIpc) is 3.97. The van der Waals surface area contributed by atoms with Gasteiger partial charge in [0.05, 0.1) is 47.3 Å². The van der Waals surface area contributed by atoms with E-state index in [0.29, 0.717) is 104 Å². The third-order valence-corrected chi connectivity index (χ3v) is 12.5. The molecule has 3 atom stereocenters. The summed E-state index contributed by atoms with van der Waals surface area (Å²) in [6.45, 7) is 6.92. The number of nitrogens with zero attached hydrogens (tertiary/aromatic N) is 7. The smallest absolute Gasteiger partial charge is 0.280 e. The number of anilines is 3. The number of halogens is 2. The van der Waals surface area contributed by atoms with Gasteiger partial charge in [0.1, 0.15) is 23.5 Å². The Kier molecular flexibility index (Phi) is 11.1. The summed E-state index contributed by atoms with van der Waals surface area (Å²) < 4.78 is 45.0. The molecule has 7 heterocycles. The lowest BCUT2D eigenvalue weighted by Gasteiger charge is -2.34. The third kappa shape index (κ3) is 8.19. The number of nitrogens with one attached hydrogen (secondary N) is 2. The Morgan fingerprint density at radius 1 is 0.935 bits per heavy atom. The van der Waals surface area contributed by atoms with Crippen molar-refractivity contribution < 1.29 is 37.4 Å². The fraction of sp³-hybridized carbons (Fsp3) is 0.444. The van der Waals surface area contributed by atoms with Crippen molar-refractivity contribution in [1.82, 2.24) is 25.0 Å². The largest absolute Gasteiger partial charge is 0.490 e. The van der Waals surface area contributed by atoms with Gasteiger partial charge in [-0.3, -0.25) is 29.5 Å². The van der Waals surface area contributed by atoms with Crippen LogP contribution in [0.15, 0.2) is 53.7 Å². The van der Waals surface area contributed by atoms with E-state index in [-0.39, 0.29) is 42.3 Å². The zero-order valence-corrected chi connectivity index (χ0v) is 35.0. The van der Waals surface area contributed by atoms with Gasteiger partial charge >= 0.3 is 0 Å². The number of benzene rings is 2.